The Balaban J connectivity index is 1.54. The Bertz CT molecular complexity index is 775. The minimum Gasteiger partial charge on any atom is -0.310 e. The number of hydrogen-bond acceptors (Lipinski definition) is 4. The number of carbonyl (C=O) groups is 1. The van der Waals surface area contributed by atoms with Gasteiger partial charge in [0.25, 0.3) is 0 Å². The lowest BCUT2D eigenvalue weighted by Gasteiger charge is -2.35. The third kappa shape index (κ3) is 5.87. The number of amides is 1. The molecular weight excluding hydrogens is 416 g/mol. The first kappa shape index (κ1) is 21.0. The number of piperazine rings is 1. The van der Waals surface area contributed by atoms with Crippen molar-refractivity contribution < 1.29 is 4.79 Å². The highest BCUT2D eigenvalue weighted by Crippen LogP contribution is 2.22. The first-order valence-corrected chi connectivity index (χ1v) is 10.8. The average Bonchev–Trinajstić information content (AvgIpc) is 2.72. The van der Waals surface area contributed by atoms with Crippen LogP contribution in [0, 0.1) is 5.92 Å². The number of halogens is 1. The van der Waals surface area contributed by atoms with Crippen LogP contribution in [0.1, 0.15) is 31.4 Å². The fourth-order valence-corrected chi connectivity index (χ4v) is 3.63. The van der Waals surface area contributed by atoms with Crippen LogP contribution in [0.2, 0.25) is 0 Å². The zero-order valence-corrected chi connectivity index (χ0v) is 18.3. The van der Waals surface area contributed by atoms with E-state index in [2.05, 4.69) is 66.4 Å². The molecule has 0 saturated carbocycles. The summed E-state index contributed by atoms with van der Waals surface area (Å²) in [5.41, 5.74) is 2.53. The predicted octanol–water partition coefficient (Wildman–Crippen LogP) is 4.15. The highest BCUT2D eigenvalue weighted by Gasteiger charge is 2.19. The van der Waals surface area contributed by atoms with Crippen LogP contribution in [0.25, 0.3) is 0 Å². The Labute approximate surface area is 176 Å². The maximum absolute atomic E-state index is 12.1. The van der Waals surface area contributed by atoms with Crippen molar-refractivity contribution in [3.63, 3.8) is 0 Å². The molecule has 28 heavy (non-hydrogen) atoms. The Hall–Kier alpha value is -1.76. The molecule has 3 rings (SSSR count). The number of rotatable bonds is 7. The van der Waals surface area contributed by atoms with E-state index in [1.807, 2.05) is 19.9 Å². The van der Waals surface area contributed by atoms with Gasteiger partial charge in [-0.25, -0.2) is 4.98 Å². The van der Waals surface area contributed by atoms with Crippen molar-refractivity contribution in [3.8, 4) is 0 Å². The molecule has 1 amide bonds. The summed E-state index contributed by atoms with van der Waals surface area (Å²) < 4.78 is 0.987. The zero-order valence-electron chi connectivity index (χ0n) is 16.7. The van der Waals surface area contributed by atoms with E-state index in [9.17, 15) is 4.79 Å². The molecule has 2 heterocycles. The van der Waals surface area contributed by atoms with E-state index in [1.54, 1.807) is 6.20 Å². The van der Waals surface area contributed by atoms with Crippen molar-refractivity contribution >= 4 is 27.7 Å². The Morgan fingerprint density at radius 3 is 2.43 bits per heavy atom. The van der Waals surface area contributed by atoms with E-state index in [0.717, 1.165) is 55.7 Å². The lowest BCUT2D eigenvalue weighted by atomic mass is 10.1. The summed E-state index contributed by atoms with van der Waals surface area (Å²) in [5.74, 6) is 0.649. The molecule has 1 N–H and O–H groups in total. The maximum Gasteiger partial charge on any atom is 0.228 e. The molecule has 1 unspecified atom stereocenters. The van der Waals surface area contributed by atoms with Gasteiger partial charge in [-0.2, -0.15) is 0 Å². The van der Waals surface area contributed by atoms with Crippen LogP contribution in [0.5, 0.6) is 0 Å². The summed E-state index contributed by atoms with van der Waals surface area (Å²) in [6, 6.07) is 12.6. The van der Waals surface area contributed by atoms with Gasteiger partial charge in [0.15, 0.2) is 0 Å². The van der Waals surface area contributed by atoms with E-state index >= 15 is 0 Å². The molecule has 1 atom stereocenters. The molecule has 6 heteroatoms. The van der Waals surface area contributed by atoms with E-state index in [1.165, 1.54) is 5.56 Å². The smallest absolute Gasteiger partial charge is 0.228 e. The van der Waals surface area contributed by atoms with Gasteiger partial charge in [0.05, 0.1) is 0 Å². The number of nitrogens with zero attached hydrogens (tertiary/aromatic N) is 3. The standard InChI is InChI=1S/C22H29BrN4O/c1-3-17(2)22(28)25-21-13-19(20(23)14-24-21)16-27-11-9-26(10-12-27)15-18-7-5-4-6-8-18/h4-8,13-14,17H,3,9-12,15-16H2,1-2H3,(H,24,25,28). The van der Waals surface area contributed by atoms with Crippen molar-refractivity contribution in [2.24, 2.45) is 5.92 Å². The first-order chi connectivity index (χ1) is 13.5. The van der Waals surface area contributed by atoms with Crippen LogP contribution in [0.3, 0.4) is 0 Å². The van der Waals surface area contributed by atoms with Crippen LogP contribution < -0.4 is 5.32 Å². The molecule has 150 valence electrons. The number of benzene rings is 1. The average molecular weight is 445 g/mol. The van der Waals surface area contributed by atoms with Gasteiger partial charge in [0.1, 0.15) is 5.82 Å². The fraction of sp³-hybridized carbons (Fsp3) is 0.455. The molecule has 1 aliphatic heterocycles. The van der Waals surface area contributed by atoms with Crippen molar-refractivity contribution in [2.75, 3.05) is 31.5 Å². The van der Waals surface area contributed by atoms with Crippen molar-refractivity contribution in [1.82, 2.24) is 14.8 Å². The Kier molecular flexibility index (Phi) is 7.59. The molecule has 1 fully saturated rings. The van der Waals surface area contributed by atoms with Gasteiger partial charge in [-0.05, 0) is 39.5 Å². The molecule has 1 aromatic carbocycles. The van der Waals surface area contributed by atoms with Crippen LogP contribution in [0.4, 0.5) is 5.82 Å². The molecule has 5 nitrogen and oxygen atoms in total. The second-order valence-corrected chi connectivity index (χ2v) is 8.35. The van der Waals surface area contributed by atoms with Gasteiger partial charge in [-0.15, -0.1) is 0 Å². The second kappa shape index (κ2) is 10.1. The fourth-order valence-electron chi connectivity index (χ4n) is 3.29. The van der Waals surface area contributed by atoms with E-state index < -0.39 is 0 Å². The van der Waals surface area contributed by atoms with Crippen molar-refractivity contribution in [3.05, 3.63) is 58.2 Å². The summed E-state index contributed by atoms with van der Waals surface area (Å²) in [6.07, 6.45) is 2.61. The highest BCUT2D eigenvalue weighted by molar-refractivity contribution is 9.10. The Morgan fingerprint density at radius 1 is 1.14 bits per heavy atom. The van der Waals surface area contributed by atoms with Crippen molar-refractivity contribution in [2.45, 2.75) is 33.4 Å². The van der Waals surface area contributed by atoms with Crippen LogP contribution >= 0.6 is 15.9 Å². The lowest BCUT2D eigenvalue weighted by Crippen LogP contribution is -2.45. The van der Waals surface area contributed by atoms with Crippen LogP contribution in [-0.4, -0.2) is 46.9 Å². The first-order valence-electron chi connectivity index (χ1n) is 9.99. The summed E-state index contributed by atoms with van der Waals surface area (Å²) >= 11 is 3.61. The largest absolute Gasteiger partial charge is 0.310 e. The minimum atomic E-state index is -0.00779. The maximum atomic E-state index is 12.1. The number of aromatic nitrogens is 1. The quantitative estimate of drug-likeness (QED) is 0.696. The SMILES string of the molecule is CCC(C)C(=O)Nc1cc(CN2CCN(Cc3ccccc3)CC2)c(Br)cn1. The van der Waals surface area contributed by atoms with Gasteiger partial charge in [0, 0.05) is 55.9 Å². The summed E-state index contributed by atoms with van der Waals surface area (Å²) in [4.78, 5) is 21.4. The van der Waals surface area contributed by atoms with Crippen molar-refractivity contribution in [1.29, 1.82) is 0 Å². The monoisotopic (exact) mass is 444 g/mol. The molecule has 0 radical (unpaired) electrons. The summed E-state index contributed by atoms with van der Waals surface area (Å²) in [7, 11) is 0. The molecule has 1 aromatic heterocycles. The van der Waals surface area contributed by atoms with E-state index in [-0.39, 0.29) is 11.8 Å². The normalized spacial score (nSPS) is 16.7. The number of nitrogens with one attached hydrogen (secondary N) is 1. The molecular formula is C22H29BrN4O. The summed E-state index contributed by atoms with van der Waals surface area (Å²) in [5, 5.41) is 2.93. The minimum absolute atomic E-state index is 0.00779. The highest BCUT2D eigenvalue weighted by atomic mass is 79.9. The van der Waals surface area contributed by atoms with Gasteiger partial charge in [0.2, 0.25) is 5.91 Å². The van der Waals surface area contributed by atoms with Gasteiger partial charge in [-0.1, -0.05) is 44.2 Å². The molecule has 0 bridgehead atoms. The third-order valence-corrected chi connectivity index (χ3v) is 6.07. The number of anilines is 1. The van der Waals surface area contributed by atoms with Crippen LogP contribution in [-0.2, 0) is 17.9 Å². The number of hydrogen-bond donors (Lipinski definition) is 1. The number of pyridine rings is 1. The third-order valence-electron chi connectivity index (χ3n) is 5.35. The van der Waals surface area contributed by atoms with E-state index in [4.69, 9.17) is 0 Å². The van der Waals surface area contributed by atoms with E-state index in [0.29, 0.717) is 5.82 Å². The zero-order chi connectivity index (χ0) is 19.9. The molecule has 1 aliphatic rings. The molecule has 1 saturated heterocycles. The molecule has 0 aliphatic carbocycles. The lowest BCUT2D eigenvalue weighted by molar-refractivity contribution is -0.119. The van der Waals surface area contributed by atoms with Gasteiger partial charge in [-0.3, -0.25) is 14.6 Å². The summed E-state index contributed by atoms with van der Waals surface area (Å²) in [6.45, 7) is 10.0. The number of carbonyl (C=O) groups excluding carboxylic acids is 1. The van der Waals surface area contributed by atoms with Gasteiger partial charge < -0.3 is 5.32 Å². The topological polar surface area (TPSA) is 48.5 Å². The predicted molar refractivity (Wildman–Crippen MR) is 117 cm³/mol. The Morgan fingerprint density at radius 2 is 1.79 bits per heavy atom. The van der Waals surface area contributed by atoms with Crippen LogP contribution in [0.15, 0.2) is 47.1 Å². The second-order valence-electron chi connectivity index (χ2n) is 7.50. The van der Waals surface area contributed by atoms with Gasteiger partial charge >= 0.3 is 0 Å². The molecule has 2 aromatic rings. The molecule has 0 spiro atoms.